The van der Waals surface area contributed by atoms with Crippen LogP contribution in [0.5, 0.6) is 0 Å². The molecule has 3 atom stereocenters. The van der Waals surface area contributed by atoms with Crippen LogP contribution in [0.15, 0.2) is 24.8 Å². The highest BCUT2D eigenvalue weighted by molar-refractivity contribution is 5.86. The van der Waals surface area contributed by atoms with Gasteiger partial charge in [-0.15, -0.1) is 6.58 Å². The van der Waals surface area contributed by atoms with E-state index in [4.69, 9.17) is 10.8 Å². The van der Waals surface area contributed by atoms with Crippen LogP contribution in [0.1, 0.15) is 12.8 Å². The SMILES string of the molecule is C=CCC(NC(=O)C1C=CC(N)C1)C(=O)O. The quantitative estimate of drug-likeness (QED) is 0.575. The smallest absolute Gasteiger partial charge is 0.326 e. The third-order valence-electron chi connectivity index (χ3n) is 2.47. The van der Waals surface area contributed by atoms with E-state index in [1.165, 1.54) is 6.08 Å². The third-order valence-corrected chi connectivity index (χ3v) is 2.47. The summed E-state index contributed by atoms with van der Waals surface area (Å²) in [6.45, 7) is 3.45. The Morgan fingerprint density at radius 2 is 2.31 bits per heavy atom. The van der Waals surface area contributed by atoms with Crippen molar-refractivity contribution < 1.29 is 14.7 Å². The molecule has 0 radical (unpaired) electrons. The minimum atomic E-state index is -1.06. The average molecular weight is 224 g/mol. The van der Waals surface area contributed by atoms with Crippen molar-refractivity contribution in [1.82, 2.24) is 5.32 Å². The van der Waals surface area contributed by atoms with Crippen LogP contribution in [0.4, 0.5) is 0 Å². The van der Waals surface area contributed by atoms with Crippen molar-refractivity contribution in [3.05, 3.63) is 24.8 Å². The number of aliphatic carboxylic acids is 1. The van der Waals surface area contributed by atoms with Crippen molar-refractivity contribution in [3.63, 3.8) is 0 Å². The van der Waals surface area contributed by atoms with Crippen molar-refractivity contribution in [2.45, 2.75) is 24.9 Å². The number of amides is 1. The van der Waals surface area contributed by atoms with Gasteiger partial charge in [0.2, 0.25) is 5.91 Å². The molecular formula is C11H16N2O3. The van der Waals surface area contributed by atoms with E-state index in [1.807, 2.05) is 0 Å². The number of rotatable bonds is 5. The van der Waals surface area contributed by atoms with E-state index < -0.39 is 12.0 Å². The molecule has 0 heterocycles. The number of carbonyl (C=O) groups is 2. The van der Waals surface area contributed by atoms with Crippen molar-refractivity contribution in [1.29, 1.82) is 0 Å². The van der Waals surface area contributed by atoms with Gasteiger partial charge in [-0.1, -0.05) is 18.2 Å². The van der Waals surface area contributed by atoms with Gasteiger partial charge in [0.25, 0.3) is 0 Å². The number of carboxylic acid groups (broad SMARTS) is 1. The van der Waals surface area contributed by atoms with Gasteiger partial charge in [0.15, 0.2) is 0 Å². The van der Waals surface area contributed by atoms with Crippen LogP contribution in [-0.4, -0.2) is 29.1 Å². The maximum atomic E-state index is 11.7. The number of carboxylic acids is 1. The molecule has 5 nitrogen and oxygen atoms in total. The summed E-state index contributed by atoms with van der Waals surface area (Å²) >= 11 is 0. The Bertz CT molecular complexity index is 325. The fourth-order valence-electron chi connectivity index (χ4n) is 1.59. The van der Waals surface area contributed by atoms with Gasteiger partial charge in [0.1, 0.15) is 6.04 Å². The molecule has 0 fully saturated rings. The summed E-state index contributed by atoms with van der Waals surface area (Å²) in [4.78, 5) is 22.5. The zero-order valence-electron chi connectivity index (χ0n) is 8.93. The lowest BCUT2D eigenvalue weighted by Gasteiger charge is -2.15. The molecule has 3 unspecified atom stereocenters. The first-order valence-electron chi connectivity index (χ1n) is 5.12. The van der Waals surface area contributed by atoms with Crippen LogP contribution in [0.25, 0.3) is 0 Å². The highest BCUT2D eigenvalue weighted by Gasteiger charge is 2.26. The fraction of sp³-hybridized carbons (Fsp3) is 0.455. The van der Waals surface area contributed by atoms with Crippen LogP contribution in [0.3, 0.4) is 0 Å². The number of nitrogens with one attached hydrogen (secondary N) is 1. The van der Waals surface area contributed by atoms with E-state index in [0.29, 0.717) is 6.42 Å². The molecule has 0 saturated carbocycles. The summed E-state index contributed by atoms with van der Waals surface area (Å²) in [6.07, 6.45) is 5.69. The molecule has 1 rings (SSSR count). The first kappa shape index (κ1) is 12.4. The van der Waals surface area contributed by atoms with Crippen LogP contribution in [0, 0.1) is 5.92 Å². The molecule has 0 aromatic rings. The molecule has 0 saturated heterocycles. The molecule has 0 spiro atoms. The summed E-state index contributed by atoms with van der Waals surface area (Å²) in [6, 6.07) is -1.02. The Morgan fingerprint density at radius 1 is 1.62 bits per heavy atom. The molecule has 1 amide bonds. The van der Waals surface area contributed by atoms with E-state index in [1.54, 1.807) is 12.2 Å². The third kappa shape index (κ3) is 3.20. The first-order chi connectivity index (χ1) is 7.54. The second-order valence-corrected chi connectivity index (χ2v) is 3.81. The Morgan fingerprint density at radius 3 is 2.75 bits per heavy atom. The standard InChI is InChI=1S/C11H16N2O3/c1-2-3-9(11(15)16)13-10(14)7-4-5-8(12)6-7/h2,4-5,7-9H,1,3,6,12H2,(H,13,14)(H,15,16). The molecule has 0 bridgehead atoms. The van der Waals surface area contributed by atoms with Gasteiger partial charge >= 0.3 is 5.97 Å². The van der Waals surface area contributed by atoms with Gasteiger partial charge in [0.05, 0.1) is 5.92 Å². The average Bonchev–Trinajstić information content (AvgIpc) is 2.64. The minimum Gasteiger partial charge on any atom is -0.480 e. The maximum Gasteiger partial charge on any atom is 0.326 e. The van der Waals surface area contributed by atoms with E-state index in [-0.39, 0.29) is 24.3 Å². The van der Waals surface area contributed by atoms with Crippen LogP contribution >= 0.6 is 0 Å². The predicted molar refractivity (Wildman–Crippen MR) is 59.6 cm³/mol. The summed E-state index contributed by atoms with van der Waals surface area (Å²) in [5, 5.41) is 11.3. The van der Waals surface area contributed by atoms with Gasteiger partial charge in [-0.05, 0) is 12.8 Å². The number of nitrogens with two attached hydrogens (primary N) is 1. The lowest BCUT2D eigenvalue weighted by molar-refractivity contribution is -0.142. The topological polar surface area (TPSA) is 92.4 Å². The zero-order valence-corrected chi connectivity index (χ0v) is 8.93. The first-order valence-corrected chi connectivity index (χ1v) is 5.12. The summed E-state index contributed by atoms with van der Waals surface area (Å²) < 4.78 is 0. The van der Waals surface area contributed by atoms with Crippen molar-refractivity contribution >= 4 is 11.9 Å². The molecule has 4 N–H and O–H groups in total. The Kier molecular flexibility index (Phi) is 4.25. The van der Waals surface area contributed by atoms with Crippen molar-refractivity contribution in [2.24, 2.45) is 11.7 Å². The van der Waals surface area contributed by atoms with Crippen molar-refractivity contribution in [2.75, 3.05) is 0 Å². The molecule has 88 valence electrons. The maximum absolute atomic E-state index is 11.7. The second kappa shape index (κ2) is 5.46. The molecule has 5 heteroatoms. The van der Waals surface area contributed by atoms with Gasteiger partial charge in [-0.3, -0.25) is 4.79 Å². The predicted octanol–water partition coefficient (Wildman–Crippen LogP) is 0.0353. The molecule has 0 aliphatic heterocycles. The highest BCUT2D eigenvalue weighted by Crippen LogP contribution is 2.16. The summed E-state index contributed by atoms with van der Waals surface area (Å²) in [5.74, 6) is -1.67. The van der Waals surface area contributed by atoms with E-state index in [2.05, 4.69) is 11.9 Å². The Labute approximate surface area is 94.0 Å². The zero-order chi connectivity index (χ0) is 12.1. The lowest BCUT2D eigenvalue weighted by Crippen LogP contribution is -2.43. The second-order valence-electron chi connectivity index (χ2n) is 3.81. The molecule has 0 aromatic carbocycles. The molecule has 16 heavy (non-hydrogen) atoms. The van der Waals surface area contributed by atoms with Gasteiger partial charge < -0.3 is 16.2 Å². The van der Waals surface area contributed by atoms with E-state index in [9.17, 15) is 9.59 Å². The summed E-state index contributed by atoms with van der Waals surface area (Å²) in [7, 11) is 0. The van der Waals surface area contributed by atoms with E-state index in [0.717, 1.165) is 0 Å². The fourth-order valence-corrected chi connectivity index (χ4v) is 1.59. The number of hydrogen-bond donors (Lipinski definition) is 3. The normalized spacial score (nSPS) is 25.1. The monoisotopic (exact) mass is 224 g/mol. The van der Waals surface area contributed by atoms with Gasteiger partial charge in [-0.25, -0.2) is 4.79 Å². The van der Waals surface area contributed by atoms with Crippen LogP contribution in [0.2, 0.25) is 0 Å². The van der Waals surface area contributed by atoms with Crippen LogP contribution < -0.4 is 11.1 Å². The highest BCUT2D eigenvalue weighted by atomic mass is 16.4. The minimum absolute atomic E-state index is 0.113. The Hall–Kier alpha value is -1.62. The van der Waals surface area contributed by atoms with Gasteiger partial charge in [-0.2, -0.15) is 0 Å². The van der Waals surface area contributed by atoms with Crippen molar-refractivity contribution in [3.8, 4) is 0 Å². The largest absolute Gasteiger partial charge is 0.480 e. The molecule has 1 aliphatic rings. The lowest BCUT2D eigenvalue weighted by atomic mass is 10.1. The van der Waals surface area contributed by atoms with E-state index >= 15 is 0 Å². The summed E-state index contributed by atoms with van der Waals surface area (Å²) in [5.41, 5.74) is 5.61. The Balaban J connectivity index is 2.52. The number of carbonyl (C=O) groups excluding carboxylic acids is 1. The van der Waals surface area contributed by atoms with Crippen LogP contribution in [-0.2, 0) is 9.59 Å². The molecular weight excluding hydrogens is 208 g/mol. The molecule has 0 aromatic heterocycles. The number of hydrogen-bond acceptors (Lipinski definition) is 3. The molecule has 1 aliphatic carbocycles. The van der Waals surface area contributed by atoms with Gasteiger partial charge in [0, 0.05) is 6.04 Å².